The van der Waals surface area contributed by atoms with Crippen molar-refractivity contribution in [3.63, 3.8) is 0 Å². The second kappa shape index (κ2) is 5.10. The lowest BCUT2D eigenvalue weighted by atomic mass is 10.0. The van der Waals surface area contributed by atoms with Gasteiger partial charge in [-0.15, -0.1) is 0 Å². The number of hydrogen-bond donors (Lipinski definition) is 0. The van der Waals surface area contributed by atoms with Crippen LogP contribution in [0.3, 0.4) is 0 Å². The number of hydrogen-bond acceptors (Lipinski definition) is 4. The van der Waals surface area contributed by atoms with E-state index in [1.807, 2.05) is 17.2 Å². The zero-order valence-corrected chi connectivity index (χ0v) is 12.2. The maximum atomic E-state index is 12.3. The molecule has 1 aromatic rings. The fourth-order valence-electron chi connectivity index (χ4n) is 3.18. The molecule has 0 bridgehead atoms. The monoisotopic (exact) mass is 291 g/mol. The molecule has 3 fully saturated rings. The van der Waals surface area contributed by atoms with Crippen LogP contribution in [-0.4, -0.2) is 52.7 Å². The third-order valence-electron chi connectivity index (χ3n) is 4.65. The van der Waals surface area contributed by atoms with Crippen molar-refractivity contribution in [1.82, 2.24) is 14.7 Å². The summed E-state index contributed by atoms with van der Waals surface area (Å²) in [5.74, 6) is 0.350. The highest BCUT2D eigenvalue weighted by Gasteiger charge is 2.40. The summed E-state index contributed by atoms with van der Waals surface area (Å²) in [6, 6.07) is 2.04. The molecule has 2 saturated heterocycles. The summed E-state index contributed by atoms with van der Waals surface area (Å²) in [5.41, 5.74) is 1.13. The zero-order chi connectivity index (χ0) is 14.3. The Labute approximate surface area is 124 Å². The molecule has 3 aliphatic rings. The van der Waals surface area contributed by atoms with Crippen LogP contribution >= 0.6 is 0 Å². The summed E-state index contributed by atoms with van der Waals surface area (Å²) in [6.07, 6.45) is 5.93. The minimum atomic E-state index is -0.415. The quantitative estimate of drug-likeness (QED) is 0.837. The predicted octanol–water partition coefficient (Wildman–Crippen LogP) is 1.13. The van der Waals surface area contributed by atoms with Crippen LogP contribution in [0.5, 0.6) is 0 Å². The fraction of sp³-hybridized carbons (Fsp3) is 0.733. The van der Waals surface area contributed by atoms with Gasteiger partial charge in [0.25, 0.3) is 0 Å². The van der Waals surface area contributed by atoms with Crippen molar-refractivity contribution >= 4 is 5.91 Å². The molecule has 0 radical (unpaired) electrons. The Morgan fingerprint density at radius 2 is 2.00 bits per heavy atom. The van der Waals surface area contributed by atoms with Gasteiger partial charge >= 0.3 is 0 Å². The Hall–Kier alpha value is -1.40. The molecule has 3 heterocycles. The highest BCUT2D eigenvalue weighted by Crippen LogP contribution is 2.38. The van der Waals surface area contributed by atoms with Crippen molar-refractivity contribution in [2.24, 2.45) is 0 Å². The van der Waals surface area contributed by atoms with E-state index in [2.05, 4.69) is 5.10 Å². The van der Waals surface area contributed by atoms with E-state index in [4.69, 9.17) is 9.47 Å². The number of carbonyl (C=O) groups is 1. The first-order valence-electron chi connectivity index (χ1n) is 7.83. The van der Waals surface area contributed by atoms with Crippen LogP contribution in [0.1, 0.15) is 37.3 Å². The number of carbonyl (C=O) groups excluding carboxylic acids is 1. The van der Waals surface area contributed by atoms with Gasteiger partial charge in [0.05, 0.1) is 18.9 Å². The Morgan fingerprint density at radius 1 is 1.29 bits per heavy atom. The normalized spacial score (nSPS) is 24.7. The number of rotatable bonds is 3. The maximum Gasteiger partial charge on any atom is 0.244 e. The lowest BCUT2D eigenvalue weighted by Gasteiger charge is -2.37. The Bertz CT molecular complexity index is 522. The van der Waals surface area contributed by atoms with E-state index >= 15 is 0 Å². The van der Waals surface area contributed by atoms with Crippen LogP contribution in [0.4, 0.5) is 0 Å². The van der Waals surface area contributed by atoms with Crippen LogP contribution in [0.15, 0.2) is 12.3 Å². The molecule has 1 aliphatic carbocycles. The Kier molecular flexibility index (Phi) is 3.23. The predicted molar refractivity (Wildman–Crippen MR) is 74.7 cm³/mol. The van der Waals surface area contributed by atoms with Crippen molar-refractivity contribution in [3.8, 4) is 0 Å². The van der Waals surface area contributed by atoms with E-state index < -0.39 is 5.79 Å². The molecule has 6 heteroatoms. The van der Waals surface area contributed by atoms with E-state index in [0.29, 0.717) is 38.8 Å². The molecule has 0 unspecified atom stereocenters. The Balaban J connectivity index is 1.32. The number of ether oxygens (including phenoxy) is 2. The topological polar surface area (TPSA) is 56.6 Å². The van der Waals surface area contributed by atoms with E-state index in [-0.39, 0.29) is 5.91 Å². The third-order valence-corrected chi connectivity index (χ3v) is 4.65. The smallest absolute Gasteiger partial charge is 0.244 e. The van der Waals surface area contributed by atoms with Gasteiger partial charge in [0.15, 0.2) is 5.79 Å². The summed E-state index contributed by atoms with van der Waals surface area (Å²) >= 11 is 0. The summed E-state index contributed by atoms with van der Waals surface area (Å²) in [4.78, 5) is 14.2. The average molecular weight is 291 g/mol. The van der Waals surface area contributed by atoms with E-state index in [0.717, 1.165) is 18.5 Å². The van der Waals surface area contributed by atoms with Crippen molar-refractivity contribution in [2.75, 3.05) is 26.3 Å². The molecule has 0 N–H and O–H groups in total. The molecule has 4 rings (SSSR count). The first-order valence-corrected chi connectivity index (χ1v) is 7.83. The van der Waals surface area contributed by atoms with Gasteiger partial charge in [-0.05, 0) is 18.9 Å². The Morgan fingerprint density at radius 3 is 2.67 bits per heavy atom. The van der Waals surface area contributed by atoms with Gasteiger partial charge in [-0.25, -0.2) is 0 Å². The maximum absolute atomic E-state index is 12.3. The minimum absolute atomic E-state index is 0.133. The lowest BCUT2D eigenvalue weighted by Crippen LogP contribution is -2.48. The number of amides is 1. The van der Waals surface area contributed by atoms with Crippen molar-refractivity contribution in [2.45, 2.75) is 43.9 Å². The largest absolute Gasteiger partial charge is 0.347 e. The molecular weight excluding hydrogens is 270 g/mol. The molecule has 1 saturated carbocycles. The highest BCUT2D eigenvalue weighted by molar-refractivity contribution is 5.76. The average Bonchev–Trinajstić information content (AvgIpc) is 3.09. The molecule has 114 valence electrons. The molecule has 6 nitrogen and oxygen atoms in total. The van der Waals surface area contributed by atoms with Gasteiger partial charge in [-0.3, -0.25) is 9.48 Å². The van der Waals surface area contributed by atoms with E-state index in [1.54, 1.807) is 4.68 Å². The molecule has 1 aromatic heterocycles. The molecule has 2 aliphatic heterocycles. The molecule has 21 heavy (non-hydrogen) atoms. The summed E-state index contributed by atoms with van der Waals surface area (Å²) in [7, 11) is 0. The second-order valence-electron chi connectivity index (χ2n) is 6.20. The third kappa shape index (κ3) is 2.70. The summed E-state index contributed by atoms with van der Waals surface area (Å²) < 4.78 is 13.1. The standard InChI is InChI=1S/C15H21N3O3/c19-14(11-18-6-3-13(16-18)12-1-2-12)17-7-4-15(5-8-17)20-9-10-21-15/h3,6,12H,1-2,4-5,7-11H2. The number of nitrogens with zero attached hydrogens (tertiary/aromatic N) is 3. The van der Waals surface area contributed by atoms with Crippen LogP contribution < -0.4 is 0 Å². The highest BCUT2D eigenvalue weighted by atomic mass is 16.7. The van der Waals surface area contributed by atoms with Crippen LogP contribution in [0.2, 0.25) is 0 Å². The molecule has 1 amide bonds. The fourth-order valence-corrected chi connectivity index (χ4v) is 3.18. The lowest BCUT2D eigenvalue weighted by molar-refractivity contribution is -0.187. The van der Waals surface area contributed by atoms with Crippen LogP contribution in [-0.2, 0) is 20.8 Å². The van der Waals surface area contributed by atoms with E-state index in [9.17, 15) is 4.79 Å². The van der Waals surface area contributed by atoms with Crippen LogP contribution in [0.25, 0.3) is 0 Å². The van der Waals surface area contributed by atoms with Gasteiger partial charge in [-0.2, -0.15) is 5.10 Å². The van der Waals surface area contributed by atoms with Crippen molar-refractivity contribution < 1.29 is 14.3 Å². The van der Waals surface area contributed by atoms with Gasteiger partial charge in [0.2, 0.25) is 5.91 Å². The zero-order valence-electron chi connectivity index (χ0n) is 12.2. The number of aromatic nitrogens is 2. The first kappa shape index (κ1) is 13.3. The molecule has 1 spiro atoms. The van der Waals surface area contributed by atoms with Gasteiger partial charge in [0.1, 0.15) is 6.54 Å². The van der Waals surface area contributed by atoms with Gasteiger partial charge in [0, 0.05) is 38.0 Å². The number of piperidine rings is 1. The molecule has 0 atom stereocenters. The minimum Gasteiger partial charge on any atom is -0.347 e. The SMILES string of the molecule is O=C(Cn1ccc(C2CC2)n1)N1CCC2(CC1)OCCO2. The van der Waals surface area contributed by atoms with Crippen molar-refractivity contribution in [3.05, 3.63) is 18.0 Å². The summed E-state index contributed by atoms with van der Waals surface area (Å²) in [6.45, 7) is 3.09. The van der Waals surface area contributed by atoms with E-state index in [1.165, 1.54) is 12.8 Å². The molecular formula is C15H21N3O3. The van der Waals surface area contributed by atoms with Gasteiger partial charge in [-0.1, -0.05) is 0 Å². The van der Waals surface area contributed by atoms with Crippen molar-refractivity contribution in [1.29, 1.82) is 0 Å². The molecule has 0 aromatic carbocycles. The number of likely N-dealkylation sites (tertiary alicyclic amines) is 1. The second-order valence-corrected chi connectivity index (χ2v) is 6.20. The van der Waals surface area contributed by atoms with Crippen LogP contribution in [0, 0.1) is 0 Å². The summed E-state index contributed by atoms with van der Waals surface area (Å²) in [5, 5.41) is 4.50. The van der Waals surface area contributed by atoms with Gasteiger partial charge < -0.3 is 14.4 Å². The first-order chi connectivity index (χ1) is 10.2.